The molecule has 0 fully saturated rings. The van der Waals surface area contributed by atoms with Crippen LogP contribution in [0.5, 0.6) is 0 Å². The van der Waals surface area contributed by atoms with Crippen molar-refractivity contribution < 1.29 is 14.3 Å². The Labute approximate surface area is 116 Å². The molecule has 0 aliphatic heterocycles. The van der Waals surface area contributed by atoms with Gasteiger partial charge in [0.15, 0.2) is 6.29 Å². The molecular weight excluding hydrogens is 260 g/mol. The van der Waals surface area contributed by atoms with Crippen LogP contribution in [0, 0.1) is 0 Å². The zero-order valence-electron chi connectivity index (χ0n) is 11.3. The van der Waals surface area contributed by atoms with E-state index in [0.717, 1.165) is 5.69 Å². The topological polar surface area (TPSA) is 78.3 Å². The van der Waals surface area contributed by atoms with Gasteiger partial charge in [0.1, 0.15) is 0 Å². The van der Waals surface area contributed by atoms with Gasteiger partial charge in [-0.15, -0.1) is 0 Å². The van der Waals surface area contributed by atoms with Crippen LogP contribution in [0.3, 0.4) is 0 Å². The van der Waals surface area contributed by atoms with Crippen molar-refractivity contribution in [1.29, 1.82) is 0 Å². The lowest BCUT2D eigenvalue weighted by molar-refractivity contribution is -0.0974. The number of hydrogen-bond acceptors (Lipinski definition) is 5. The highest BCUT2D eigenvalue weighted by Gasteiger charge is 2.12. The van der Waals surface area contributed by atoms with Crippen molar-refractivity contribution >= 4 is 5.91 Å². The normalized spacial score (nSPS) is 10.8. The summed E-state index contributed by atoms with van der Waals surface area (Å²) in [6, 6.07) is 3.66. The maximum Gasteiger partial charge on any atom is 0.254 e. The van der Waals surface area contributed by atoms with E-state index in [0.29, 0.717) is 5.56 Å². The van der Waals surface area contributed by atoms with Crippen LogP contribution in [0.15, 0.2) is 36.9 Å². The predicted molar refractivity (Wildman–Crippen MR) is 71.5 cm³/mol. The molecule has 1 N–H and O–H groups in total. The Bertz CT molecular complexity index is 552. The van der Waals surface area contributed by atoms with Crippen LogP contribution in [0.2, 0.25) is 0 Å². The lowest BCUT2D eigenvalue weighted by Crippen LogP contribution is -2.33. The maximum atomic E-state index is 11.9. The van der Waals surface area contributed by atoms with Crippen LogP contribution in [-0.4, -0.2) is 47.7 Å². The van der Waals surface area contributed by atoms with Crippen molar-refractivity contribution in [2.45, 2.75) is 6.29 Å². The van der Waals surface area contributed by atoms with E-state index >= 15 is 0 Å². The first kappa shape index (κ1) is 14.2. The van der Waals surface area contributed by atoms with E-state index in [2.05, 4.69) is 15.4 Å². The van der Waals surface area contributed by atoms with Crippen molar-refractivity contribution in [1.82, 2.24) is 20.1 Å². The summed E-state index contributed by atoms with van der Waals surface area (Å²) in [5.74, 6) is -0.237. The van der Waals surface area contributed by atoms with Crippen LogP contribution in [0.25, 0.3) is 5.69 Å². The molecule has 0 aliphatic rings. The summed E-state index contributed by atoms with van der Waals surface area (Å²) in [6.07, 6.45) is 6.02. The summed E-state index contributed by atoms with van der Waals surface area (Å²) in [5.41, 5.74) is 1.25. The summed E-state index contributed by atoms with van der Waals surface area (Å²) in [4.78, 5) is 15.9. The van der Waals surface area contributed by atoms with E-state index in [9.17, 15) is 4.79 Å². The summed E-state index contributed by atoms with van der Waals surface area (Å²) in [6.45, 7) is 0.268. The molecule has 0 radical (unpaired) electrons. The third kappa shape index (κ3) is 3.40. The highest BCUT2D eigenvalue weighted by atomic mass is 16.7. The van der Waals surface area contributed by atoms with E-state index in [1.54, 1.807) is 29.3 Å². The Balaban J connectivity index is 2.00. The summed E-state index contributed by atoms with van der Waals surface area (Å²) in [7, 11) is 3.03. The fourth-order valence-corrected chi connectivity index (χ4v) is 1.61. The van der Waals surface area contributed by atoms with Crippen molar-refractivity contribution in [2.75, 3.05) is 20.8 Å². The van der Waals surface area contributed by atoms with Crippen molar-refractivity contribution in [2.24, 2.45) is 0 Å². The Morgan fingerprint density at radius 1 is 1.40 bits per heavy atom. The first-order chi connectivity index (χ1) is 9.74. The molecule has 2 aromatic heterocycles. The molecule has 0 aromatic carbocycles. The van der Waals surface area contributed by atoms with E-state index in [1.165, 1.54) is 20.4 Å². The first-order valence-electron chi connectivity index (χ1n) is 6.03. The number of aromatic nitrogens is 3. The van der Waals surface area contributed by atoms with Crippen LogP contribution in [-0.2, 0) is 9.47 Å². The maximum absolute atomic E-state index is 11.9. The van der Waals surface area contributed by atoms with E-state index in [4.69, 9.17) is 9.47 Å². The van der Waals surface area contributed by atoms with Gasteiger partial charge in [-0.3, -0.25) is 9.78 Å². The van der Waals surface area contributed by atoms with Gasteiger partial charge in [-0.2, -0.15) is 5.10 Å². The lowest BCUT2D eigenvalue weighted by Gasteiger charge is -2.13. The number of amides is 1. The molecule has 2 heterocycles. The van der Waals surface area contributed by atoms with Gasteiger partial charge < -0.3 is 14.8 Å². The molecule has 2 aromatic rings. The molecule has 20 heavy (non-hydrogen) atoms. The minimum Gasteiger partial charge on any atom is -0.354 e. The molecule has 1 amide bonds. The second kappa shape index (κ2) is 6.78. The molecule has 7 nitrogen and oxygen atoms in total. The lowest BCUT2D eigenvalue weighted by atomic mass is 10.3. The van der Waals surface area contributed by atoms with Gasteiger partial charge in [0.05, 0.1) is 30.2 Å². The van der Waals surface area contributed by atoms with E-state index in [-0.39, 0.29) is 12.5 Å². The zero-order valence-corrected chi connectivity index (χ0v) is 11.3. The first-order valence-corrected chi connectivity index (χ1v) is 6.03. The largest absolute Gasteiger partial charge is 0.354 e. The van der Waals surface area contributed by atoms with Crippen molar-refractivity contribution in [3.8, 4) is 5.69 Å². The molecule has 0 aliphatic carbocycles. The second-order valence-corrected chi connectivity index (χ2v) is 4.00. The number of nitrogens with one attached hydrogen (secondary N) is 1. The Hall–Kier alpha value is -2.25. The predicted octanol–water partition coefficient (Wildman–Crippen LogP) is 0.616. The average molecular weight is 276 g/mol. The highest BCUT2D eigenvalue weighted by Crippen LogP contribution is 2.06. The van der Waals surface area contributed by atoms with E-state index in [1.807, 2.05) is 6.07 Å². The molecule has 0 spiro atoms. The van der Waals surface area contributed by atoms with Gasteiger partial charge in [0.2, 0.25) is 0 Å². The van der Waals surface area contributed by atoms with Crippen molar-refractivity contribution in [3.05, 3.63) is 42.5 Å². The number of ether oxygens (including phenoxy) is 2. The Kier molecular flexibility index (Phi) is 4.80. The molecule has 0 saturated carbocycles. The summed E-state index contributed by atoms with van der Waals surface area (Å²) < 4.78 is 11.6. The monoisotopic (exact) mass is 276 g/mol. The van der Waals surface area contributed by atoms with Gasteiger partial charge in [0.25, 0.3) is 5.91 Å². The number of carbonyl (C=O) groups is 1. The quantitative estimate of drug-likeness (QED) is 0.782. The summed E-state index contributed by atoms with van der Waals surface area (Å²) in [5, 5.41) is 6.84. The molecule has 7 heteroatoms. The SMILES string of the molecule is COC(CNC(=O)c1cnn(-c2cccnc2)c1)OC. The highest BCUT2D eigenvalue weighted by molar-refractivity contribution is 5.93. The molecule has 0 bridgehead atoms. The number of hydrogen-bond donors (Lipinski definition) is 1. The van der Waals surface area contributed by atoms with E-state index < -0.39 is 6.29 Å². The van der Waals surface area contributed by atoms with Crippen molar-refractivity contribution in [3.63, 3.8) is 0 Å². The minimum absolute atomic E-state index is 0.237. The number of carbonyl (C=O) groups excluding carboxylic acids is 1. The smallest absolute Gasteiger partial charge is 0.254 e. The molecule has 0 atom stereocenters. The van der Waals surface area contributed by atoms with Crippen LogP contribution in [0.1, 0.15) is 10.4 Å². The standard InChI is InChI=1S/C13H16N4O3/c1-19-12(20-2)8-15-13(18)10-6-16-17(9-10)11-4-3-5-14-7-11/h3-7,9,12H,8H2,1-2H3,(H,15,18). The zero-order chi connectivity index (χ0) is 14.4. The van der Waals surface area contributed by atoms with Crippen LogP contribution in [0.4, 0.5) is 0 Å². The van der Waals surface area contributed by atoms with Crippen LogP contribution >= 0.6 is 0 Å². The van der Waals surface area contributed by atoms with Gasteiger partial charge in [-0.25, -0.2) is 4.68 Å². The molecule has 2 rings (SSSR count). The second-order valence-electron chi connectivity index (χ2n) is 4.00. The molecular formula is C13H16N4O3. The fraction of sp³-hybridized carbons (Fsp3) is 0.308. The third-order valence-electron chi connectivity index (χ3n) is 2.71. The Morgan fingerprint density at radius 3 is 2.85 bits per heavy atom. The van der Waals surface area contributed by atoms with Gasteiger partial charge in [-0.1, -0.05) is 0 Å². The number of rotatable bonds is 6. The number of pyridine rings is 1. The number of nitrogens with zero attached hydrogens (tertiary/aromatic N) is 3. The fourth-order valence-electron chi connectivity index (χ4n) is 1.61. The third-order valence-corrected chi connectivity index (χ3v) is 2.71. The van der Waals surface area contributed by atoms with Gasteiger partial charge in [0, 0.05) is 26.6 Å². The number of methoxy groups -OCH3 is 2. The molecule has 106 valence electrons. The molecule has 0 saturated heterocycles. The van der Waals surface area contributed by atoms with Gasteiger partial charge >= 0.3 is 0 Å². The van der Waals surface area contributed by atoms with Gasteiger partial charge in [-0.05, 0) is 12.1 Å². The average Bonchev–Trinajstić information content (AvgIpc) is 2.99. The summed E-state index contributed by atoms with van der Waals surface area (Å²) >= 11 is 0. The Morgan fingerprint density at radius 2 is 2.20 bits per heavy atom. The van der Waals surface area contributed by atoms with Crippen LogP contribution < -0.4 is 5.32 Å². The minimum atomic E-state index is -0.465. The molecule has 0 unspecified atom stereocenters.